The van der Waals surface area contributed by atoms with E-state index in [2.05, 4.69) is 6.08 Å². The van der Waals surface area contributed by atoms with Gasteiger partial charge in [0.25, 0.3) is 0 Å². The van der Waals surface area contributed by atoms with Crippen molar-refractivity contribution in [1.82, 2.24) is 0 Å². The first kappa shape index (κ1) is 9.97. The third-order valence-electron chi connectivity index (χ3n) is 2.07. The Bertz CT molecular complexity index is 300. The molecule has 0 amide bonds. The minimum Gasteiger partial charge on any atom is -0.207 e. The molecule has 0 aliphatic carbocycles. The monoisotopic (exact) mass is 178 g/mol. The van der Waals surface area contributed by atoms with Crippen LogP contribution in [0.1, 0.15) is 24.5 Å². The van der Waals surface area contributed by atoms with Crippen LogP contribution in [0.15, 0.2) is 30.4 Å². The first-order valence-corrected chi connectivity index (χ1v) is 4.60. The predicted molar refractivity (Wildman–Crippen MR) is 54.3 cm³/mol. The normalized spacial score (nSPS) is 11.0. The van der Waals surface area contributed by atoms with Crippen LogP contribution in [0.2, 0.25) is 0 Å². The standard InChI is InChI=1S/C12H15F/c1-3-4-5-6-11-8-7-10(2)12(13)9-11/h3-4,7-9H,5-6H2,1-2H3. The van der Waals surface area contributed by atoms with Gasteiger partial charge in [-0.2, -0.15) is 0 Å². The molecule has 0 saturated heterocycles. The minimum absolute atomic E-state index is 0.0991. The third-order valence-corrected chi connectivity index (χ3v) is 2.07. The molecule has 0 aliphatic heterocycles. The molecule has 0 heterocycles. The van der Waals surface area contributed by atoms with Gasteiger partial charge in [-0.3, -0.25) is 0 Å². The second-order valence-electron chi connectivity index (χ2n) is 3.19. The van der Waals surface area contributed by atoms with Gasteiger partial charge in [-0.1, -0.05) is 24.3 Å². The molecule has 0 saturated carbocycles. The molecule has 1 rings (SSSR count). The van der Waals surface area contributed by atoms with Gasteiger partial charge in [0, 0.05) is 0 Å². The van der Waals surface area contributed by atoms with Crippen molar-refractivity contribution in [1.29, 1.82) is 0 Å². The molecule has 70 valence electrons. The molecule has 0 fully saturated rings. The fourth-order valence-corrected chi connectivity index (χ4v) is 1.21. The van der Waals surface area contributed by atoms with Gasteiger partial charge in [0.05, 0.1) is 0 Å². The van der Waals surface area contributed by atoms with Gasteiger partial charge in [-0.15, -0.1) is 0 Å². The van der Waals surface area contributed by atoms with E-state index in [1.54, 1.807) is 13.0 Å². The summed E-state index contributed by atoms with van der Waals surface area (Å²) in [6, 6.07) is 5.45. The first-order chi connectivity index (χ1) is 6.24. The number of allylic oxidation sites excluding steroid dienone is 2. The van der Waals surface area contributed by atoms with E-state index in [9.17, 15) is 4.39 Å². The Morgan fingerprint density at radius 3 is 2.77 bits per heavy atom. The van der Waals surface area contributed by atoms with Crippen LogP contribution in [0, 0.1) is 12.7 Å². The lowest BCUT2D eigenvalue weighted by molar-refractivity contribution is 0.616. The minimum atomic E-state index is -0.0991. The molecule has 1 heteroatoms. The Kier molecular flexibility index (Phi) is 3.69. The molecule has 0 unspecified atom stereocenters. The van der Waals surface area contributed by atoms with Crippen LogP contribution < -0.4 is 0 Å². The van der Waals surface area contributed by atoms with Crippen LogP contribution in [0.5, 0.6) is 0 Å². The van der Waals surface area contributed by atoms with Crippen LogP contribution in [0.4, 0.5) is 4.39 Å². The highest BCUT2D eigenvalue weighted by Gasteiger charge is 1.97. The van der Waals surface area contributed by atoms with Crippen LogP contribution >= 0.6 is 0 Å². The van der Waals surface area contributed by atoms with Crippen LogP contribution in [-0.2, 0) is 6.42 Å². The Morgan fingerprint density at radius 1 is 1.38 bits per heavy atom. The molecule has 1 aromatic carbocycles. The van der Waals surface area contributed by atoms with E-state index in [4.69, 9.17) is 0 Å². The zero-order chi connectivity index (χ0) is 9.68. The molecule has 13 heavy (non-hydrogen) atoms. The van der Waals surface area contributed by atoms with Crippen LogP contribution in [0.25, 0.3) is 0 Å². The van der Waals surface area contributed by atoms with Crippen molar-refractivity contribution in [3.8, 4) is 0 Å². The number of rotatable bonds is 3. The number of benzene rings is 1. The van der Waals surface area contributed by atoms with E-state index in [0.29, 0.717) is 0 Å². The van der Waals surface area contributed by atoms with Crippen molar-refractivity contribution >= 4 is 0 Å². The predicted octanol–water partition coefficient (Wildman–Crippen LogP) is 3.64. The molecular formula is C12H15F. The van der Waals surface area contributed by atoms with E-state index >= 15 is 0 Å². The van der Waals surface area contributed by atoms with Crippen molar-refractivity contribution in [3.05, 3.63) is 47.3 Å². The largest absolute Gasteiger partial charge is 0.207 e. The van der Waals surface area contributed by atoms with E-state index in [1.165, 1.54) is 0 Å². The molecular weight excluding hydrogens is 163 g/mol. The smallest absolute Gasteiger partial charge is 0.126 e. The Hall–Kier alpha value is -1.11. The highest BCUT2D eigenvalue weighted by Crippen LogP contribution is 2.10. The summed E-state index contributed by atoms with van der Waals surface area (Å²) in [6.07, 6.45) is 6.02. The summed E-state index contributed by atoms with van der Waals surface area (Å²) in [7, 11) is 0. The zero-order valence-corrected chi connectivity index (χ0v) is 8.18. The fraction of sp³-hybridized carbons (Fsp3) is 0.333. The zero-order valence-electron chi connectivity index (χ0n) is 8.18. The lowest BCUT2D eigenvalue weighted by Crippen LogP contribution is -1.87. The quantitative estimate of drug-likeness (QED) is 0.620. The number of aryl methyl sites for hydroxylation is 2. The average molecular weight is 178 g/mol. The number of hydrogen-bond donors (Lipinski definition) is 0. The van der Waals surface area contributed by atoms with E-state index in [-0.39, 0.29) is 5.82 Å². The van der Waals surface area contributed by atoms with Gasteiger partial charge in [-0.25, -0.2) is 4.39 Å². The maximum atomic E-state index is 13.1. The molecule has 0 N–H and O–H groups in total. The Labute approximate surface area is 79.1 Å². The van der Waals surface area contributed by atoms with Crippen LogP contribution in [0.3, 0.4) is 0 Å². The third kappa shape index (κ3) is 3.02. The van der Waals surface area contributed by atoms with Gasteiger partial charge in [-0.05, 0) is 43.9 Å². The van der Waals surface area contributed by atoms with Gasteiger partial charge < -0.3 is 0 Å². The summed E-state index contributed by atoms with van der Waals surface area (Å²) >= 11 is 0. The summed E-state index contributed by atoms with van der Waals surface area (Å²) in [4.78, 5) is 0. The maximum absolute atomic E-state index is 13.1. The van der Waals surface area contributed by atoms with Crippen molar-refractivity contribution in [2.24, 2.45) is 0 Å². The van der Waals surface area contributed by atoms with Gasteiger partial charge in [0.15, 0.2) is 0 Å². The molecule has 0 radical (unpaired) electrons. The highest BCUT2D eigenvalue weighted by atomic mass is 19.1. The summed E-state index contributed by atoms with van der Waals surface area (Å²) in [6.45, 7) is 3.78. The lowest BCUT2D eigenvalue weighted by Gasteiger charge is -2.00. The maximum Gasteiger partial charge on any atom is 0.126 e. The van der Waals surface area contributed by atoms with Crippen molar-refractivity contribution in [2.45, 2.75) is 26.7 Å². The van der Waals surface area contributed by atoms with E-state index in [1.807, 2.05) is 25.1 Å². The average Bonchev–Trinajstić information content (AvgIpc) is 2.12. The number of hydrogen-bond acceptors (Lipinski definition) is 0. The highest BCUT2D eigenvalue weighted by molar-refractivity contribution is 5.23. The van der Waals surface area contributed by atoms with Gasteiger partial charge in [0.1, 0.15) is 5.82 Å². The molecule has 0 spiro atoms. The molecule has 0 nitrogen and oxygen atoms in total. The first-order valence-electron chi connectivity index (χ1n) is 4.60. The van der Waals surface area contributed by atoms with Crippen molar-refractivity contribution in [2.75, 3.05) is 0 Å². The Morgan fingerprint density at radius 2 is 2.15 bits per heavy atom. The summed E-state index contributed by atoms with van der Waals surface area (Å²) in [5.41, 5.74) is 1.79. The molecule has 1 aromatic rings. The van der Waals surface area contributed by atoms with Gasteiger partial charge >= 0.3 is 0 Å². The summed E-state index contributed by atoms with van der Waals surface area (Å²) < 4.78 is 13.1. The second kappa shape index (κ2) is 4.80. The summed E-state index contributed by atoms with van der Waals surface area (Å²) in [5, 5.41) is 0. The van der Waals surface area contributed by atoms with E-state index in [0.717, 1.165) is 24.0 Å². The Balaban J connectivity index is 2.63. The van der Waals surface area contributed by atoms with Gasteiger partial charge in [0.2, 0.25) is 0 Å². The molecule has 0 aromatic heterocycles. The molecule has 0 aliphatic rings. The molecule has 0 atom stereocenters. The number of halogens is 1. The second-order valence-corrected chi connectivity index (χ2v) is 3.19. The van der Waals surface area contributed by atoms with Crippen LogP contribution in [-0.4, -0.2) is 0 Å². The summed E-state index contributed by atoms with van der Waals surface area (Å²) in [5.74, 6) is -0.0991. The van der Waals surface area contributed by atoms with Crippen molar-refractivity contribution in [3.63, 3.8) is 0 Å². The molecule has 0 bridgehead atoms. The lowest BCUT2D eigenvalue weighted by atomic mass is 10.1. The SMILES string of the molecule is CC=CCCc1ccc(C)c(F)c1. The van der Waals surface area contributed by atoms with Crippen molar-refractivity contribution < 1.29 is 4.39 Å². The fourth-order valence-electron chi connectivity index (χ4n) is 1.21. The van der Waals surface area contributed by atoms with E-state index < -0.39 is 0 Å². The topological polar surface area (TPSA) is 0 Å².